The third-order valence-electron chi connectivity index (χ3n) is 2.99. The van der Waals surface area contributed by atoms with Crippen molar-refractivity contribution in [3.05, 3.63) is 31.6 Å². The highest BCUT2D eigenvalue weighted by Crippen LogP contribution is 2.16. The smallest absolute Gasteiger partial charge is 0.307 e. The van der Waals surface area contributed by atoms with Gasteiger partial charge < -0.3 is 4.90 Å². The van der Waals surface area contributed by atoms with Crippen molar-refractivity contribution in [2.75, 3.05) is 20.6 Å². The fourth-order valence-electron chi connectivity index (χ4n) is 2.17. The summed E-state index contributed by atoms with van der Waals surface area (Å²) in [6.45, 7) is 6.41. The van der Waals surface area contributed by atoms with Crippen LogP contribution in [0.15, 0.2) is 9.59 Å². The molecule has 0 bridgehead atoms. The van der Waals surface area contributed by atoms with E-state index in [1.54, 1.807) is 6.92 Å². The molecule has 0 spiro atoms. The highest BCUT2D eigenvalue weighted by Gasteiger charge is 2.20. The molecule has 1 atom stereocenters. The Kier molecular flexibility index (Phi) is 5.38. The Morgan fingerprint density at radius 1 is 1.32 bits per heavy atom. The molecule has 5 nitrogen and oxygen atoms in total. The lowest BCUT2D eigenvalue weighted by Gasteiger charge is -2.24. The number of hydrogen-bond donors (Lipinski definition) is 1. The molecule has 1 heterocycles. The van der Waals surface area contributed by atoms with E-state index in [1.165, 1.54) is 4.57 Å². The van der Waals surface area contributed by atoms with Gasteiger partial charge in [0.15, 0.2) is 0 Å². The van der Waals surface area contributed by atoms with E-state index in [9.17, 15) is 9.59 Å². The minimum atomic E-state index is -0.437. The molecule has 0 aliphatic heterocycles. The Morgan fingerprint density at radius 3 is 2.37 bits per heavy atom. The van der Waals surface area contributed by atoms with Gasteiger partial charge in [-0.1, -0.05) is 25.4 Å². The molecule has 1 aromatic rings. The lowest BCUT2D eigenvalue weighted by Crippen LogP contribution is -2.43. The summed E-state index contributed by atoms with van der Waals surface area (Å²) < 4.78 is 1.29. The summed E-state index contributed by atoms with van der Waals surface area (Å²) in [6, 6.07) is -0.151. The van der Waals surface area contributed by atoms with Gasteiger partial charge in [0, 0.05) is 12.1 Å². The summed E-state index contributed by atoms with van der Waals surface area (Å²) in [5.74, 6) is 0.396. The minimum absolute atomic E-state index is 0.124. The number of hydrogen-bond acceptors (Lipinski definition) is 3. The third kappa shape index (κ3) is 3.94. The predicted octanol–water partition coefficient (Wildman–Crippen LogP) is 1.65. The molecule has 6 heteroatoms. The highest BCUT2D eigenvalue weighted by atomic mass is 35.5. The third-order valence-corrected chi connectivity index (χ3v) is 3.37. The first-order valence-electron chi connectivity index (χ1n) is 6.39. The topological polar surface area (TPSA) is 58.1 Å². The average molecular weight is 288 g/mol. The molecule has 0 aliphatic rings. The molecule has 0 amide bonds. The lowest BCUT2D eigenvalue weighted by atomic mass is 10.0. The van der Waals surface area contributed by atoms with Crippen molar-refractivity contribution in [2.45, 2.75) is 33.2 Å². The summed E-state index contributed by atoms with van der Waals surface area (Å²) in [5, 5.41) is 0.124. The van der Waals surface area contributed by atoms with Gasteiger partial charge >= 0.3 is 5.69 Å². The molecular formula is C13H22ClN3O2. The van der Waals surface area contributed by atoms with E-state index >= 15 is 0 Å². The number of halogens is 1. The summed E-state index contributed by atoms with van der Waals surface area (Å²) >= 11 is 5.83. The van der Waals surface area contributed by atoms with E-state index in [2.05, 4.69) is 18.8 Å². The van der Waals surface area contributed by atoms with Crippen LogP contribution in [0.4, 0.5) is 0 Å². The fourth-order valence-corrected chi connectivity index (χ4v) is 2.34. The molecule has 0 radical (unpaired) electrons. The van der Waals surface area contributed by atoms with Gasteiger partial charge in [-0.25, -0.2) is 4.79 Å². The average Bonchev–Trinajstić information content (AvgIpc) is 2.24. The molecule has 1 unspecified atom stereocenters. The van der Waals surface area contributed by atoms with Gasteiger partial charge in [-0.3, -0.25) is 14.3 Å². The van der Waals surface area contributed by atoms with Gasteiger partial charge in [-0.05, 0) is 33.4 Å². The van der Waals surface area contributed by atoms with Crippen molar-refractivity contribution < 1.29 is 0 Å². The summed E-state index contributed by atoms with van der Waals surface area (Å²) in [6.07, 6.45) is 0.766. The summed E-state index contributed by atoms with van der Waals surface area (Å²) in [5.41, 5.74) is -0.358. The number of nitrogens with one attached hydrogen (secondary N) is 1. The van der Waals surface area contributed by atoms with Crippen LogP contribution in [0.1, 0.15) is 31.9 Å². The Morgan fingerprint density at radius 2 is 1.89 bits per heavy atom. The van der Waals surface area contributed by atoms with Gasteiger partial charge in [0.1, 0.15) is 5.15 Å². The van der Waals surface area contributed by atoms with Crippen LogP contribution in [-0.4, -0.2) is 35.1 Å². The molecule has 0 aromatic carbocycles. The van der Waals surface area contributed by atoms with E-state index in [-0.39, 0.29) is 16.8 Å². The van der Waals surface area contributed by atoms with Gasteiger partial charge in [0.2, 0.25) is 0 Å². The maximum absolute atomic E-state index is 12.3. The second kappa shape index (κ2) is 6.39. The van der Waals surface area contributed by atoms with Crippen LogP contribution in [0, 0.1) is 12.8 Å². The Bertz CT molecular complexity index is 536. The second-order valence-electron chi connectivity index (χ2n) is 5.59. The predicted molar refractivity (Wildman–Crippen MR) is 78.1 cm³/mol. The van der Waals surface area contributed by atoms with E-state index in [0.29, 0.717) is 18.0 Å². The molecule has 0 saturated carbocycles. The van der Waals surface area contributed by atoms with E-state index in [0.717, 1.165) is 6.42 Å². The quantitative estimate of drug-likeness (QED) is 0.838. The van der Waals surface area contributed by atoms with Crippen molar-refractivity contribution in [1.29, 1.82) is 0 Å². The Balaban J connectivity index is 3.34. The minimum Gasteiger partial charge on any atom is -0.307 e. The first kappa shape index (κ1) is 16.0. The molecule has 19 heavy (non-hydrogen) atoms. The van der Waals surface area contributed by atoms with E-state index in [4.69, 9.17) is 11.6 Å². The molecule has 108 valence electrons. The lowest BCUT2D eigenvalue weighted by molar-refractivity contribution is 0.277. The zero-order valence-electron chi connectivity index (χ0n) is 12.2. The molecule has 0 saturated heterocycles. The summed E-state index contributed by atoms with van der Waals surface area (Å²) in [7, 11) is 3.85. The van der Waals surface area contributed by atoms with Crippen molar-refractivity contribution in [3.63, 3.8) is 0 Å². The van der Waals surface area contributed by atoms with Gasteiger partial charge in [-0.15, -0.1) is 0 Å². The zero-order chi connectivity index (χ0) is 14.7. The maximum atomic E-state index is 12.3. The fraction of sp³-hybridized carbons (Fsp3) is 0.692. The van der Waals surface area contributed by atoms with E-state index < -0.39 is 5.69 Å². The first-order valence-corrected chi connectivity index (χ1v) is 6.77. The SMILES string of the molecule is Cc1c(Cl)[nH]c(=O)n(C(CC(C)C)CN(C)C)c1=O. The number of H-pyrrole nitrogens is 1. The van der Waals surface area contributed by atoms with Crippen LogP contribution in [0.2, 0.25) is 5.15 Å². The number of nitrogens with zero attached hydrogens (tertiary/aromatic N) is 2. The van der Waals surface area contributed by atoms with Gasteiger partial charge in [0.25, 0.3) is 5.56 Å². The number of likely N-dealkylation sites (N-methyl/N-ethyl adjacent to an activating group) is 1. The zero-order valence-corrected chi connectivity index (χ0v) is 12.9. The number of aromatic nitrogens is 2. The number of rotatable bonds is 5. The second-order valence-corrected chi connectivity index (χ2v) is 5.97. The van der Waals surface area contributed by atoms with E-state index in [1.807, 2.05) is 19.0 Å². The molecule has 1 rings (SSSR count). The van der Waals surface area contributed by atoms with Crippen LogP contribution in [0.25, 0.3) is 0 Å². The van der Waals surface area contributed by atoms with Crippen molar-refractivity contribution in [1.82, 2.24) is 14.5 Å². The molecule has 0 aliphatic carbocycles. The van der Waals surface area contributed by atoms with Gasteiger partial charge in [-0.2, -0.15) is 0 Å². The van der Waals surface area contributed by atoms with Crippen LogP contribution >= 0.6 is 11.6 Å². The Labute approximate surface area is 118 Å². The summed E-state index contributed by atoms with van der Waals surface area (Å²) in [4.78, 5) is 28.8. The van der Waals surface area contributed by atoms with Crippen LogP contribution < -0.4 is 11.2 Å². The maximum Gasteiger partial charge on any atom is 0.329 e. The van der Waals surface area contributed by atoms with Crippen LogP contribution in [0.5, 0.6) is 0 Å². The molecule has 0 fully saturated rings. The van der Waals surface area contributed by atoms with Gasteiger partial charge in [0.05, 0.1) is 6.04 Å². The Hall–Kier alpha value is -1.07. The normalized spacial score (nSPS) is 13.3. The standard InChI is InChI=1S/C13H22ClN3O2/c1-8(2)6-10(7-16(4)5)17-12(18)9(3)11(14)15-13(17)19/h8,10H,6-7H2,1-5H3,(H,15,19). The molecular weight excluding hydrogens is 266 g/mol. The monoisotopic (exact) mass is 287 g/mol. The van der Waals surface area contributed by atoms with Crippen LogP contribution in [-0.2, 0) is 0 Å². The largest absolute Gasteiger partial charge is 0.329 e. The first-order chi connectivity index (χ1) is 8.73. The molecule has 1 N–H and O–H groups in total. The highest BCUT2D eigenvalue weighted by molar-refractivity contribution is 6.30. The number of aromatic amines is 1. The van der Waals surface area contributed by atoms with Crippen molar-refractivity contribution >= 4 is 11.6 Å². The van der Waals surface area contributed by atoms with Crippen molar-refractivity contribution in [2.24, 2.45) is 5.92 Å². The van der Waals surface area contributed by atoms with Crippen LogP contribution in [0.3, 0.4) is 0 Å². The van der Waals surface area contributed by atoms with Crippen molar-refractivity contribution in [3.8, 4) is 0 Å². The molecule has 1 aromatic heterocycles.